The SMILES string of the molecule is CCOC(=O)[C@@H]1CN(C)CCN1C(=O)OC(C)(C)C. The monoisotopic (exact) mass is 272 g/mol. The number of carbonyl (C=O) groups excluding carboxylic acids is 2. The number of nitrogens with zero attached hydrogens (tertiary/aromatic N) is 2. The van der Waals surface area contributed by atoms with Gasteiger partial charge in [0.05, 0.1) is 6.61 Å². The summed E-state index contributed by atoms with van der Waals surface area (Å²) in [6, 6.07) is -0.589. The molecule has 1 aliphatic heterocycles. The fraction of sp³-hybridized carbons (Fsp3) is 0.846. The van der Waals surface area contributed by atoms with Crippen LogP contribution < -0.4 is 0 Å². The molecular formula is C13H24N2O4. The van der Waals surface area contributed by atoms with Crippen LogP contribution in [0.25, 0.3) is 0 Å². The van der Waals surface area contributed by atoms with E-state index < -0.39 is 17.7 Å². The topological polar surface area (TPSA) is 59.1 Å². The summed E-state index contributed by atoms with van der Waals surface area (Å²) >= 11 is 0. The summed E-state index contributed by atoms with van der Waals surface area (Å²) in [7, 11) is 1.92. The Morgan fingerprint density at radius 3 is 2.42 bits per heavy atom. The number of piperazine rings is 1. The Morgan fingerprint density at radius 2 is 1.89 bits per heavy atom. The van der Waals surface area contributed by atoms with Crippen molar-refractivity contribution in [3.63, 3.8) is 0 Å². The molecule has 0 saturated carbocycles. The van der Waals surface area contributed by atoms with Crippen LogP contribution in [0.4, 0.5) is 4.79 Å². The fourth-order valence-corrected chi connectivity index (χ4v) is 1.90. The van der Waals surface area contributed by atoms with Crippen molar-refractivity contribution in [1.29, 1.82) is 0 Å². The van der Waals surface area contributed by atoms with Gasteiger partial charge in [0.25, 0.3) is 0 Å². The van der Waals surface area contributed by atoms with E-state index in [0.29, 0.717) is 19.7 Å². The molecule has 1 atom stereocenters. The molecule has 0 unspecified atom stereocenters. The van der Waals surface area contributed by atoms with E-state index in [2.05, 4.69) is 0 Å². The first-order chi connectivity index (χ1) is 8.74. The van der Waals surface area contributed by atoms with Crippen LogP contribution >= 0.6 is 0 Å². The van der Waals surface area contributed by atoms with Gasteiger partial charge < -0.3 is 14.4 Å². The first-order valence-corrected chi connectivity index (χ1v) is 6.59. The van der Waals surface area contributed by atoms with Crippen LogP contribution in [-0.4, -0.2) is 66.8 Å². The number of esters is 1. The summed E-state index contributed by atoms with van der Waals surface area (Å²) in [5, 5.41) is 0. The highest BCUT2D eigenvalue weighted by molar-refractivity contribution is 5.82. The number of rotatable bonds is 2. The molecule has 0 N–H and O–H groups in total. The highest BCUT2D eigenvalue weighted by atomic mass is 16.6. The van der Waals surface area contributed by atoms with Gasteiger partial charge >= 0.3 is 12.1 Å². The number of carbonyl (C=O) groups is 2. The van der Waals surface area contributed by atoms with Crippen LogP contribution in [0.5, 0.6) is 0 Å². The van der Waals surface area contributed by atoms with Crippen LogP contribution in [0.1, 0.15) is 27.7 Å². The van der Waals surface area contributed by atoms with Crippen molar-refractivity contribution in [3.05, 3.63) is 0 Å². The van der Waals surface area contributed by atoms with Crippen molar-refractivity contribution in [2.75, 3.05) is 33.3 Å². The smallest absolute Gasteiger partial charge is 0.411 e. The summed E-state index contributed by atoms with van der Waals surface area (Å²) in [5.74, 6) is -0.375. The highest BCUT2D eigenvalue weighted by Crippen LogP contribution is 2.16. The maximum atomic E-state index is 12.1. The average molecular weight is 272 g/mol. The fourth-order valence-electron chi connectivity index (χ4n) is 1.90. The third kappa shape index (κ3) is 4.70. The van der Waals surface area contributed by atoms with Crippen LogP contribution in [-0.2, 0) is 14.3 Å². The van der Waals surface area contributed by atoms with Crippen LogP contribution in [0.2, 0.25) is 0 Å². The number of hydrogen-bond donors (Lipinski definition) is 0. The van der Waals surface area contributed by atoms with Crippen molar-refractivity contribution >= 4 is 12.1 Å². The van der Waals surface area contributed by atoms with Crippen molar-refractivity contribution in [2.45, 2.75) is 39.3 Å². The zero-order chi connectivity index (χ0) is 14.6. The molecule has 1 heterocycles. The van der Waals surface area contributed by atoms with Gasteiger partial charge in [0.15, 0.2) is 0 Å². The molecule has 1 saturated heterocycles. The quantitative estimate of drug-likeness (QED) is 0.705. The molecule has 6 heteroatoms. The van der Waals surface area contributed by atoms with Gasteiger partial charge in [-0.2, -0.15) is 0 Å². The zero-order valence-electron chi connectivity index (χ0n) is 12.4. The maximum Gasteiger partial charge on any atom is 0.411 e. The second-order valence-electron chi connectivity index (χ2n) is 5.70. The number of ether oxygens (including phenoxy) is 2. The Morgan fingerprint density at radius 1 is 1.26 bits per heavy atom. The molecule has 110 valence electrons. The van der Waals surface area contributed by atoms with Gasteiger partial charge in [-0.05, 0) is 34.7 Å². The van der Waals surface area contributed by atoms with E-state index in [0.717, 1.165) is 6.54 Å². The summed E-state index contributed by atoms with van der Waals surface area (Å²) in [5.41, 5.74) is -0.570. The predicted molar refractivity (Wildman–Crippen MR) is 70.9 cm³/mol. The Labute approximate surface area is 114 Å². The van der Waals surface area contributed by atoms with Crippen molar-refractivity contribution < 1.29 is 19.1 Å². The van der Waals surface area contributed by atoms with E-state index in [9.17, 15) is 9.59 Å². The molecule has 1 rings (SSSR count). The molecule has 0 aromatic carbocycles. The average Bonchev–Trinajstić information content (AvgIpc) is 2.26. The molecule has 1 aliphatic rings. The van der Waals surface area contributed by atoms with Crippen LogP contribution in [0.3, 0.4) is 0 Å². The third-order valence-electron chi connectivity index (χ3n) is 2.77. The third-order valence-corrected chi connectivity index (χ3v) is 2.77. The predicted octanol–water partition coefficient (Wildman–Crippen LogP) is 1.10. The summed E-state index contributed by atoms with van der Waals surface area (Å²) in [6.07, 6.45) is -0.460. The highest BCUT2D eigenvalue weighted by Gasteiger charge is 2.37. The lowest BCUT2D eigenvalue weighted by atomic mass is 10.1. The molecule has 19 heavy (non-hydrogen) atoms. The molecule has 0 radical (unpaired) electrons. The van der Waals surface area contributed by atoms with Crippen molar-refractivity contribution in [2.24, 2.45) is 0 Å². The molecule has 6 nitrogen and oxygen atoms in total. The summed E-state index contributed by atoms with van der Waals surface area (Å²) in [4.78, 5) is 27.5. The zero-order valence-corrected chi connectivity index (χ0v) is 12.4. The molecule has 1 fully saturated rings. The standard InChI is InChI=1S/C13H24N2O4/c1-6-18-11(16)10-9-14(5)7-8-15(10)12(17)19-13(2,3)4/h10H,6-9H2,1-5H3/t10-/m0/s1. The Kier molecular flexibility index (Phi) is 5.17. The minimum absolute atomic E-state index is 0.307. The second kappa shape index (κ2) is 6.23. The van der Waals surface area contributed by atoms with Crippen LogP contribution in [0, 0.1) is 0 Å². The van der Waals surface area contributed by atoms with E-state index >= 15 is 0 Å². The van der Waals surface area contributed by atoms with Crippen molar-refractivity contribution in [3.8, 4) is 0 Å². The van der Waals surface area contributed by atoms with E-state index in [1.54, 1.807) is 27.7 Å². The Bertz CT molecular complexity index is 338. The van der Waals surface area contributed by atoms with Crippen LogP contribution in [0.15, 0.2) is 0 Å². The number of likely N-dealkylation sites (N-methyl/N-ethyl adjacent to an activating group) is 1. The van der Waals surface area contributed by atoms with Gasteiger partial charge in [-0.3, -0.25) is 4.90 Å². The first kappa shape index (κ1) is 15.8. The lowest BCUT2D eigenvalue weighted by Crippen LogP contribution is -2.58. The maximum absolute atomic E-state index is 12.1. The summed E-state index contributed by atoms with van der Waals surface area (Å²) in [6.45, 7) is 9.13. The second-order valence-corrected chi connectivity index (χ2v) is 5.70. The molecule has 0 bridgehead atoms. The van der Waals surface area contributed by atoms with Gasteiger partial charge in [0.1, 0.15) is 11.6 Å². The molecule has 1 amide bonds. The lowest BCUT2D eigenvalue weighted by Gasteiger charge is -2.38. The number of hydrogen-bond acceptors (Lipinski definition) is 5. The van der Waals surface area contributed by atoms with Gasteiger partial charge in [-0.25, -0.2) is 9.59 Å². The molecular weight excluding hydrogens is 248 g/mol. The minimum atomic E-state index is -0.589. The van der Waals surface area contributed by atoms with Gasteiger partial charge in [0, 0.05) is 19.6 Å². The van der Waals surface area contributed by atoms with E-state index in [1.807, 2.05) is 11.9 Å². The van der Waals surface area contributed by atoms with Gasteiger partial charge in [-0.15, -0.1) is 0 Å². The van der Waals surface area contributed by atoms with Gasteiger partial charge in [0.2, 0.25) is 0 Å². The molecule has 0 aromatic rings. The van der Waals surface area contributed by atoms with E-state index in [-0.39, 0.29) is 5.97 Å². The first-order valence-electron chi connectivity index (χ1n) is 6.59. The van der Waals surface area contributed by atoms with E-state index in [4.69, 9.17) is 9.47 Å². The normalized spacial score (nSPS) is 21.1. The molecule has 0 spiro atoms. The largest absolute Gasteiger partial charge is 0.464 e. The lowest BCUT2D eigenvalue weighted by molar-refractivity contribution is -0.151. The Balaban J connectivity index is 2.77. The van der Waals surface area contributed by atoms with Crippen molar-refractivity contribution in [1.82, 2.24) is 9.80 Å². The molecule has 0 aromatic heterocycles. The number of amides is 1. The summed E-state index contributed by atoms with van der Waals surface area (Å²) < 4.78 is 10.4. The Hall–Kier alpha value is -1.30. The van der Waals surface area contributed by atoms with Gasteiger partial charge in [-0.1, -0.05) is 0 Å². The minimum Gasteiger partial charge on any atom is -0.464 e. The van der Waals surface area contributed by atoms with E-state index in [1.165, 1.54) is 4.90 Å². The molecule has 0 aliphatic carbocycles.